The molecule has 4 nitrogen and oxygen atoms in total. The maximum atomic E-state index is 4.70. The first-order valence-electron chi connectivity index (χ1n) is 31.9. The Morgan fingerprint density at radius 2 is 0.602 bits per heavy atom. The second kappa shape index (κ2) is 20.9. The quantitative estimate of drug-likeness (QED) is 0.152. The highest BCUT2D eigenvalue weighted by molar-refractivity contribution is 7.13. The normalized spacial score (nSPS) is 15.8. The number of thiophene rings is 1. The van der Waals surface area contributed by atoms with Crippen molar-refractivity contribution in [3.63, 3.8) is 0 Å². The molecule has 2 aliphatic heterocycles. The smallest absolute Gasteiger partial charge is 0.0930 e. The van der Waals surface area contributed by atoms with Crippen molar-refractivity contribution in [2.24, 2.45) is 0 Å². The van der Waals surface area contributed by atoms with Gasteiger partial charge < -0.3 is 9.80 Å². The summed E-state index contributed by atoms with van der Waals surface area (Å²) in [5.74, 6) is 0. The molecular formula is C88H56N4S. The Kier molecular flexibility index (Phi) is 11.9. The predicted octanol–water partition coefficient (Wildman–Crippen LogP) is 22.8. The number of fused-ring (bicyclic) bond motifs is 18. The second-order valence-corrected chi connectivity index (χ2v) is 25.6. The molecule has 2 atom stereocenters. The molecule has 15 aromatic rings. The molecule has 0 bridgehead atoms. The van der Waals surface area contributed by atoms with Crippen molar-refractivity contribution in [2.45, 2.75) is 10.8 Å². The maximum absolute atomic E-state index is 4.70. The Balaban J connectivity index is 0.799. The Hall–Kier alpha value is -11.8. The minimum Gasteiger partial charge on any atom is -0.310 e. The van der Waals surface area contributed by atoms with Gasteiger partial charge in [-0.15, -0.1) is 21.5 Å². The summed E-state index contributed by atoms with van der Waals surface area (Å²) in [5, 5.41) is 11.5. The fourth-order valence-corrected chi connectivity index (χ4v) is 17.0. The lowest BCUT2D eigenvalue weighted by Crippen LogP contribution is -2.36. The SMILES string of the molecule is c1ccc(-c2ccc(-c3ccc(-c4cccc5c4-c4ccccc4C54c5ccccc5N(c5ccccc5)c5cc(-c6ccc7c(c6)N(c6ccccc6)c6ccccc6C76c7ccccc7-c7c(-c8ccc(-c9cccs9)cc8)cccc76)ccc54)cc3)nn2)cc1. The summed E-state index contributed by atoms with van der Waals surface area (Å²) >= 11 is 1.78. The van der Waals surface area contributed by atoms with E-state index in [2.05, 4.69) is 336 Å². The van der Waals surface area contributed by atoms with Crippen molar-refractivity contribution in [1.82, 2.24) is 10.2 Å². The monoisotopic (exact) mass is 1200 g/mol. The van der Waals surface area contributed by atoms with Crippen LogP contribution in [0.1, 0.15) is 44.5 Å². The van der Waals surface area contributed by atoms with Gasteiger partial charge in [-0.2, -0.15) is 0 Å². The molecule has 0 fully saturated rings. The zero-order chi connectivity index (χ0) is 61.2. The molecule has 0 saturated heterocycles. The second-order valence-electron chi connectivity index (χ2n) is 24.7. The maximum Gasteiger partial charge on any atom is 0.0930 e. The minimum absolute atomic E-state index is 0.640. The molecule has 13 aromatic carbocycles. The number of anilines is 6. The van der Waals surface area contributed by atoms with Crippen LogP contribution in [0.2, 0.25) is 0 Å². The summed E-state index contributed by atoms with van der Waals surface area (Å²) in [5.41, 5.74) is 32.8. The number of nitrogens with zero attached hydrogens (tertiary/aromatic N) is 4. The van der Waals surface area contributed by atoms with Gasteiger partial charge >= 0.3 is 0 Å². The molecular weight excluding hydrogens is 1150 g/mol. The van der Waals surface area contributed by atoms with Gasteiger partial charge in [-0.3, -0.25) is 0 Å². The van der Waals surface area contributed by atoms with Crippen molar-refractivity contribution in [2.75, 3.05) is 9.80 Å². The highest BCUT2D eigenvalue weighted by atomic mass is 32.1. The lowest BCUT2D eigenvalue weighted by atomic mass is 9.64. The number of rotatable bonds is 8. The molecule has 434 valence electrons. The molecule has 4 heterocycles. The average Bonchev–Trinajstić information content (AvgIpc) is 1.60. The third-order valence-electron chi connectivity index (χ3n) is 20.1. The van der Waals surface area contributed by atoms with Gasteiger partial charge in [-0.25, -0.2) is 0 Å². The van der Waals surface area contributed by atoms with E-state index in [9.17, 15) is 0 Å². The van der Waals surface area contributed by atoms with Crippen LogP contribution in [0.5, 0.6) is 0 Å². The molecule has 0 radical (unpaired) electrons. The fourth-order valence-electron chi connectivity index (χ4n) is 16.3. The van der Waals surface area contributed by atoms with Crippen molar-refractivity contribution >= 4 is 45.5 Å². The number of aromatic nitrogens is 2. The van der Waals surface area contributed by atoms with Gasteiger partial charge in [0.1, 0.15) is 0 Å². The highest BCUT2D eigenvalue weighted by Gasteiger charge is 2.54. The minimum atomic E-state index is -0.669. The Morgan fingerprint density at radius 1 is 0.237 bits per heavy atom. The van der Waals surface area contributed by atoms with Crippen molar-refractivity contribution in [3.8, 4) is 88.6 Å². The molecule has 0 amide bonds. The molecule has 2 spiro atoms. The molecule has 19 rings (SSSR count). The third kappa shape index (κ3) is 7.78. The molecule has 0 saturated carbocycles. The zero-order valence-electron chi connectivity index (χ0n) is 50.5. The van der Waals surface area contributed by atoms with Crippen molar-refractivity contribution in [1.29, 1.82) is 0 Å². The van der Waals surface area contributed by atoms with Crippen LogP contribution in [0.25, 0.3) is 88.6 Å². The lowest BCUT2D eigenvalue weighted by molar-refractivity contribution is 0.752. The molecule has 2 aromatic heterocycles. The standard InChI is InChI=1S/C88H56N4S/c1-4-21-59(22-5-1)78-52-53-79(90-89-78)60-44-40-57(41-45-60)66-29-18-35-76-85(66)68-27-10-12-31-70(68)87(76)72-33-14-16-37-80(72)91(64-23-6-2-7-24-64)82-55-62(48-50-74(82)87)63-49-51-75-83(56-63)92(65-25-8-3-9-26-65)81-38-17-15-34-73(81)88(75)71-32-13-11-28-69(71)86-67(30-19-36-77(86)88)58-42-46-61(47-43-58)84-39-20-54-93-84/h1-56H. The Morgan fingerprint density at radius 3 is 1.06 bits per heavy atom. The summed E-state index contributed by atoms with van der Waals surface area (Å²) in [6, 6.07) is 124. The largest absolute Gasteiger partial charge is 0.310 e. The van der Waals surface area contributed by atoms with Crippen LogP contribution >= 0.6 is 11.3 Å². The summed E-state index contributed by atoms with van der Waals surface area (Å²) in [7, 11) is 0. The molecule has 2 unspecified atom stereocenters. The first kappa shape index (κ1) is 53.1. The van der Waals surface area contributed by atoms with E-state index < -0.39 is 10.8 Å². The first-order valence-corrected chi connectivity index (χ1v) is 32.8. The number of benzene rings is 13. The van der Waals surface area contributed by atoms with Gasteiger partial charge in [0.15, 0.2) is 0 Å². The van der Waals surface area contributed by atoms with Gasteiger partial charge in [0.05, 0.1) is 45.0 Å². The highest BCUT2D eigenvalue weighted by Crippen LogP contribution is 2.67. The molecule has 4 aliphatic rings. The number of para-hydroxylation sites is 4. The van der Waals surface area contributed by atoms with Crippen molar-refractivity contribution in [3.05, 3.63) is 384 Å². The van der Waals surface area contributed by atoms with E-state index in [1.165, 1.54) is 93.9 Å². The van der Waals surface area contributed by atoms with Crippen LogP contribution in [0.15, 0.2) is 339 Å². The van der Waals surface area contributed by atoms with E-state index in [1.54, 1.807) is 11.3 Å². The first-order chi connectivity index (χ1) is 46.1. The van der Waals surface area contributed by atoms with Gasteiger partial charge in [-0.1, -0.05) is 267 Å². The summed E-state index contributed by atoms with van der Waals surface area (Å²) in [6.45, 7) is 0. The molecule has 0 N–H and O–H groups in total. The molecule has 93 heavy (non-hydrogen) atoms. The molecule has 2 aliphatic carbocycles. The van der Waals surface area contributed by atoms with E-state index in [-0.39, 0.29) is 0 Å². The van der Waals surface area contributed by atoms with Crippen LogP contribution < -0.4 is 9.80 Å². The van der Waals surface area contributed by atoms with Crippen molar-refractivity contribution < 1.29 is 0 Å². The average molecular weight is 1200 g/mol. The predicted molar refractivity (Wildman–Crippen MR) is 384 cm³/mol. The Bertz CT molecular complexity index is 5430. The van der Waals surface area contributed by atoms with E-state index in [0.717, 1.165) is 73.3 Å². The van der Waals surface area contributed by atoms with Gasteiger partial charge in [0.25, 0.3) is 0 Å². The third-order valence-corrected chi connectivity index (χ3v) is 21.0. The fraction of sp³-hybridized carbons (Fsp3) is 0.0227. The van der Waals surface area contributed by atoms with Gasteiger partial charge in [0.2, 0.25) is 0 Å². The summed E-state index contributed by atoms with van der Waals surface area (Å²) < 4.78 is 0. The van der Waals surface area contributed by atoms with Gasteiger partial charge in [0, 0.05) is 27.4 Å². The van der Waals surface area contributed by atoms with Crippen LogP contribution in [-0.2, 0) is 10.8 Å². The van der Waals surface area contributed by atoms with E-state index >= 15 is 0 Å². The zero-order valence-corrected chi connectivity index (χ0v) is 51.3. The van der Waals surface area contributed by atoms with Crippen LogP contribution in [-0.4, -0.2) is 10.2 Å². The van der Waals surface area contributed by atoms with Crippen LogP contribution in [0, 0.1) is 0 Å². The summed E-state index contributed by atoms with van der Waals surface area (Å²) in [4.78, 5) is 6.30. The topological polar surface area (TPSA) is 32.3 Å². The van der Waals surface area contributed by atoms with Crippen LogP contribution in [0.4, 0.5) is 34.1 Å². The summed E-state index contributed by atoms with van der Waals surface area (Å²) in [6.07, 6.45) is 0. The number of hydrogen-bond donors (Lipinski definition) is 0. The molecule has 5 heteroatoms. The van der Waals surface area contributed by atoms with Gasteiger partial charge in [-0.05, 0) is 178 Å². The van der Waals surface area contributed by atoms with E-state index in [4.69, 9.17) is 5.10 Å². The van der Waals surface area contributed by atoms with E-state index in [0.29, 0.717) is 0 Å². The van der Waals surface area contributed by atoms with E-state index in [1.807, 2.05) is 18.2 Å². The number of hydrogen-bond acceptors (Lipinski definition) is 5. The lowest BCUT2D eigenvalue weighted by Gasteiger charge is -2.45. The van der Waals surface area contributed by atoms with Crippen LogP contribution in [0.3, 0.4) is 0 Å². The Labute approximate surface area is 545 Å².